The highest BCUT2D eigenvalue weighted by atomic mass is 19.1. The summed E-state index contributed by atoms with van der Waals surface area (Å²) in [6.45, 7) is 0.472. The Bertz CT molecular complexity index is 1440. The number of carbonyl (C=O) groups excluding carboxylic acids is 1. The third kappa shape index (κ3) is 5.61. The first-order chi connectivity index (χ1) is 18.1. The normalized spacial score (nSPS) is 12.1. The van der Waals surface area contributed by atoms with Crippen molar-refractivity contribution in [3.63, 3.8) is 0 Å². The quantitative estimate of drug-likeness (QED) is 0.222. The molecule has 0 radical (unpaired) electrons. The Balaban J connectivity index is 1.35. The minimum absolute atomic E-state index is 0.0474. The molecule has 0 fully saturated rings. The van der Waals surface area contributed by atoms with Gasteiger partial charge >= 0.3 is 0 Å². The first kappa shape index (κ1) is 24.4. The molecule has 5 rings (SSSR count). The number of amides is 1. The van der Waals surface area contributed by atoms with E-state index in [2.05, 4.69) is 34.6 Å². The van der Waals surface area contributed by atoms with Gasteiger partial charge in [-0.3, -0.25) is 4.79 Å². The van der Waals surface area contributed by atoms with Crippen LogP contribution in [0.1, 0.15) is 46.9 Å². The van der Waals surface area contributed by atoms with E-state index in [1.54, 1.807) is 0 Å². The second kappa shape index (κ2) is 11.2. The number of H-pyrrole nitrogens is 1. The maximum Gasteiger partial charge on any atom is 0.220 e. The molecule has 37 heavy (non-hydrogen) atoms. The predicted octanol–water partition coefficient (Wildman–Crippen LogP) is 7.31. The van der Waals surface area contributed by atoms with Gasteiger partial charge in [-0.1, -0.05) is 84.9 Å². The predicted molar refractivity (Wildman–Crippen MR) is 143 cm³/mol. The highest BCUT2D eigenvalue weighted by Gasteiger charge is 2.24. The fourth-order valence-electron chi connectivity index (χ4n) is 5.06. The Hall–Kier alpha value is -4.25. The SMILES string of the molecule is O=C(CC(c1ccc(F)cc1F)c1c[nH]c2ccccc12)NCCC(c1ccccc1)c1ccccc1. The number of fused-ring (bicyclic) bond motifs is 1. The summed E-state index contributed by atoms with van der Waals surface area (Å²) in [4.78, 5) is 16.4. The molecule has 1 unspecified atom stereocenters. The molecular formula is C32H28F2N2O. The first-order valence-corrected chi connectivity index (χ1v) is 12.5. The van der Waals surface area contributed by atoms with Gasteiger partial charge in [0.1, 0.15) is 11.6 Å². The van der Waals surface area contributed by atoms with Gasteiger partial charge in [0, 0.05) is 48.0 Å². The summed E-state index contributed by atoms with van der Waals surface area (Å²) in [6, 6.07) is 31.7. The third-order valence-corrected chi connectivity index (χ3v) is 6.88. The molecule has 5 aromatic rings. The number of aromatic amines is 1. The van der Waals surface area contributed by atoms with E-state index in [9.17, 15) is 13.6 Å². The van der Waals surface area contributed by atoms with Gasteiger partial charge in [0.05, 0.1) is 0 Å². The van der Waals surface area contributed by atoms with Crippen molar-refractivity contribution in [2.24, 2.45) is 0 Å². The van der Waals surface area contributed by atoms with Crippen LogP contribution >= 0.6 is 0 Å². The maximum absolute atomic E-state index is 14.9. The van der Waals surface area contributed by atoms with Crippen LogP contribution in [0.2, 0.25) is 0 Å². The standard InChI is InChI=1S/C32H28F2N2O/c33-24-15-16-26(30(34)19-24)28(29-21-36-31-14-8-7-13-27(29)31)20-32(37)35-18-17-25(22-9-3-1-4-10-22)23-11-5-2-6-12-23/h1-16,19,21,25,28,36H,17-18,20H2,(H,35,37). The van der Waals surface area contributed by atoms with Gasteiger partial charge in [0.2, 0.25) is 5.91 Å². The van der Waals surface area contributed by atoms with E-state index < -0.39 is 17.6 Å². The molecule has 0 aliphatic heterocycles. The highest BCUT2D eigenvalue weighted by Crippen LogP contribution is 2.35. The van der Waals surface area contributed by atoms with Crippen molar-refractivity contribution in [3.05, 3.63) is 143 Å². The maximum atomic E-state index is 14.9. The van der Waals surface area contributed by atoms with Crippen LogP contribution in [-0.4, -0.2) is 17.4 Å². The van der Waals surface area contributed by atoms with Crippen molar-refractivity contribution in [3.8, 4) is 0 Å². The fraction of sp³-hybridized carbons (Fsp3) is 0.156. The van der Waals surface area contributed by atoms with Crippen LogP contribution in [0.25, 0.3) is 10.9 Å². The Kier molecular flexibility index (Phi) is 7.41. The smallest absolute Gasteiger partial charge is 0.220 e. The first-order valence-electron chi connectivity index (χ1n) is 12.5. The van der Waals surface area contributed by atoms with Crippen LogP contribution in [0.5, 0.6) is 0 Å². The van der Waals surface area contributed by atoms with Gasteiger partial charge in [0.25, 0.3) is 0 Å². The Labute approximate surface area is 215 Å². The number of nitrogens with one attached hydrogen (secondary N) is 2. The Morgan fingerprint density at radius 3 is 2.08 bits per heavy atom. The molecule has 1 atom stereocenters. The Morgan fingerprint density at radius 2 is 1.41 bits per heavy atom. The van der Waals surface area contributed by atoms with Crippen molar-refractivity contribution >= 4 is 16.8 Å². The molecule has 0 bridgehead atoms. The molecule has 0 aliphatic carbocycles. The van der Waals surface area contributed by atoms with Crippen LogP contribution in [0.3, 0.4) is 0 Å². The number of rotatable bonds is 9. The fourth-order valence-corrected chi connectivity index (χ4v) is 5.06. The van der Waals surface area contributed by atoms with Crippen molar-refractivity contribution < 1.29 is 13.6 Å². The van der Waals surface area contributed by atoms with E-state index in [-0.39, 0.29) is 18.2 Å². The molecule has 1 heterocycles. The summed E-state index contributed by atoms with van der Waals surface area (Å²) < 4.78 is 28.6. The summed E-state index contributed by atoms with van der Waals surface area (Å²) in [7, 11) is 0. The third-order valence-electron chi connectivity index (χ3n) is 6.88. The van der Waals surface area contributed by atoms with Crippen LogP contribution in [0.4, 0.5) is 8.78 Å². The second-order valence-electron chi connectivity index (χ2n) is 9.22. The van der Waals surface area contributed by atoms with Crippen LogP contribution in [0.15, 0.2) is 109 Å². The molecule has 0 spiro atoms. The zero-order valence-corrected chi connectivity index (χ0v) is 20.3. The van der Waals surface area contributed by atoms with Crippen LogP contribution in [0, 0.1) is 11.6 Å². The van der Waals surface area contributed by atoms with Crippen molar-refractivity contribution in [2.45, 2.75) is 24.7 Å². The number of para-hydroxylation sites is 1. The summed E-state index contributed by atoms with van der Waals surface area (Å²) in [5.41, 5.74) is 4.38. The molecular weight excluding hydrogens is 466 g/mol. The monoisotopic (exact) mass is 494 g/mol. The topological polar surface area (TPSA) is 44.9 Å². The summed E-state index contributed by atoms with van der Waals surface area (Å²) in [5, 5.41) is 3.96. The van der Waals surface area contributed by atoms with Gasteiger partial charge in [-0.15, -0.1) is 0 Å². The summed E-state index contributed by atoms with van der Waals surface area (Å²) >= 11 is 0. The number of carbonyl (C=O) groups is 1. The zero-order chi connectivity index (χ0) is 25.6. The van der Waals surface area contributed by atoms with Crippen molar-refractivity contribution in [1.82, 2.24) is 10.3 Å². The molecule has 1 aromatic heterocycles. The molecule has 3 nitrogen and oxygen atoms in total. The van der Waals surface area contributed by atoms with E-state index >= 15 is 0 Å². The molecule has 0 aliphatic rings. The van der Waals surface area contributed by atoms with E-state index in [1.807, 2.05) is 66.9 Å². The number of halogens is 2. The molecule has 186 valence electrons. The molecule has 0 saturated heterocycles. The average Bonchev–Trinajstić information content (AvgIpc) is 3.35. The number of benzene rings is 4. The lowest BCUT2D eigenvalue weighted by molar-refractivity contribution is -0.121. The molecule has 2 N–H and O–H groups in total. The molecule has 0 saturated carbocycles. The lowest BCUT2D eigenvalue weighted by atomic mass is 9.87. The van der Waals surface area contributed by atoms with Gasteiger partial charge < -0.3 is 10.3 Å². The summed E-state index contributed by atoms with van der Waals surface area (Å²) in [6.07, 6.45) is 2.58. The van der Waals surface area contributed by atoms with Gasteiger partial charge in [-0.05, 0) is 40.8 Å². The molecule has 5 heteroatoms. The Morgan fingerprint density at radius 1 is 0.757 bits per heavy atom. The zero-order valence-electron chi connectivity index (χ0n) is 20.3. The largest absolute Gasteiger partial charge is 0.361 e. The van der Waals surface area contributed by atoms with Gasteiger partial charge in [-0.25, -0.2) is 8.78 Å². The van der Waals surface area contributed by atoms with E-state index in [4.69, 9.17) is 0 Å². The van der Waals surface area contributed by atoms with Crippen LogP contribution in [-0.2, 0) is 4.79 Å². The van der Waals surface area contributed by atoms with Gasteiger partial charge in [-0.2, -0.15) is 0 Å². The number of hydrogen-bond acceptors (Lipinski definition) is 1. The van der Waals surface area contributed by atoms with Crippen molar-refractivity contribution in [2.75, 3.05) is 6.54 Å². The number of hydrogen-bond donors (Lipinski definition) is 2. The van der Waals surface area contributed by atoms with Gasteiger partial charge in [0.15, 0.2) is 0 Å². The van der Waals surface area contributed by atoms with Crippen molar-refractivity contribution in [1.29, 1.82) is 0 Å². The van der Waals surface area contributed by atoms with E-state index in [1.165, 1.54) is 23.3 Å². The second-order valence-corrected chi connectivity index (χ2v) is 9.22. The minimum Gasteiger partial charge on any atom is -0.361 e. The molecule has 4 aromatic carbocycles. The van der Waals surface area contributed by atoms with E-state index in [0.29, 0.717) is 12.1 Å². The van der Waals surface area contributed by atoms with E-state index in [0.717, 1.165) is 29.0 Å². The lowest BCUT2D eigenvalue weighted by Gasteiger charge is -2.20. The minimum atomic E-state index is -0.656. The lowest BCUT2D eigenvalue weighted by Crippen LogP contribution is -2.27. The van der Waals surface area contributed by atoms with Crippen LogP contribution < -0.4 is 5.32 Å². The highest BCUT2D eigenvalue weighted by molar-refractivity contribution is 5.86. The summed E-state index contributed by atoms with van der Waals surface area (Å²) in [5.74, 6) is -1.90. The number of aromatic nitrogens is 1. The average molecular weight is 495 g/mol. The molecule has 1 amide bonds.